The van der Waals surface area contributed by atoms with Gasteiger partial charge in [0.05, 0.1) is 0 Å². The van der Waals surface area contributed by atoms with E-state index in [9.17, 15) is 0 Å². The topological polar surface area (TPSA) is 48.1 Å². The van der Waals surface area contributed by atoms with Crippen molar-refractivity contribution < 1.29 is 5.65 Å². The third-order valence-corrected chi connectivity index (χ3v) is 6.60. The average Bonchev–Trinajstić information content (AvgIpc) is 3.06. The zero-order valence-electron chi connectivity index (χ0n) is 24.8. The summed E-state index contributed by atoms with van der Waals surface area (Å²) in [5.74, 6) is 3.36. The predicted molar refractivity (Wildman–Crippen MR) is 161 cm³/mol. The van der Waals surface area contributed by atoms with Crippen molar-refractivity contribution in [3.8, 4) is 0 Å². The third kappa shape index (κ3) is 26.4. The molecule has 4 rings (SSSR count). The van der Waals surface area contributed by atoms with Gasteiger partial charge in [0, 0.05) is 0 Å². The fraction of sp³-hybridized carbons (Fsp3) is 1.00. The molecule has 4 aliphatic rings. The van der Waals surface area contributed by atoms with Crippen LogP contribution in [0.25, 0.3) is 0 Å². The van der Waals surface area contributed by atoms with Crippen LogP contribution in [0, 0.1) is 23.7 Å². The Bertz CT molecular complexity index is 433. The summed E-state index contributed by atoms with van der Waals surface area (Å²) in [6.07, 6.45) is 12.4. The lowest BCUT2D eigenvalue weighted by Crippen LogP contribution is -2.26. The molecule has 2 atom stereocenters. The first-order valence-corrected chi connectivity index (χ1v) is 13.1. The van der Waals surface area contributed by atoms with Crippen molar-refractivity contribution >= 4 is 0 Å². The van der Waals surface area contributed by atoms with E-state index in [2.05, 4.69) is 27.7 Å². The second kappa shape index (κ2) is 29.1. The third-order valence-electron chi connectivity index (χ3n) is 6.60. The van der Waals surface area contributed by atoms with Crippen LogP contribution in [0.1, 0.15) is 122 Å². The second-order valence-corrected chi connectivity index (χ2v) is 10.1. The standard InChI is InChI=1S/C8H17N.C7H15N.C6H13N.C5H11N.4CH4/c1-8-4-2-6-9-7-3-5-8;1-7-3-2-5-8-6-4-7;1-6-2-4-7-5-3-6;1-5-2-3-6-4-5;;;;/h8-9H,2-7H2,1H3;7-8H,2-6H2,1H3;6-7H,2-5H2,1H3;5-6H,2-4H2,1H3;4*1H4/i/hT4. The Balaban J connectivity index is -0.000000197. The van der Waals surface area contributed by atoms with Crippen molar-refractivity contribution in [2.24, 2.45) is 23.7 Å². The van der Waals surface area contributed by atoms with Gasteiger partial charge in [0.2, 0.25) is 0 Å². The fourth-order valence-corrected chi connectivity index (χ4v) is 4.07. The van der Waals surface area contributed by atoms with Crippen LogP contribution in [0.4, 0.5) is 0 Å². The van der Waals surface area contributed by atoms with Crippen molar-refractivity contribution in [3.05, 3.63) is 0 Å². The molecule has 4 nitrogen and oxygen atoms in total. The van der Waals surface area contributed by atoms with Gasteiger partial charge in [0.1, 0.15) is 5.65 Å². The van der Waals surface area contributed by atoms with Gasteiger partial charge in [0.15, 0.2) is 0 Å². The van der Waals surface area contributed by atoms with E-state index in [1.54, 1.807) is 21.2 Å². The Morgan fingerprint density at radius 3 is 1.06 bits per heavy atom. The lowest BCUT2D eigenvalue weighted by Gasteiger charge is -2.17. The van der Waals surface area contributed by atoms with Crippen molar-refractivity contribution in [1.82, 2.24) is 21.2 Å². The molecule has 0 aromatic heterocycles. The summed E-state index contributed by atoms with van der Waals surface area (Å²) in [6.45, 7) is 16.8. The van der Waals surface area contributed by atoms with Gasteiger partial charge in [-0.1, -0.05) is 57.4 Å². The number of nitrogens with one attached hydrogen (secondary N) is 4. The van der Waals surface area contributed by atoms with Crippen molar-refractivity contribution in [2.45, 2.75) is 122 Å². The van der Waals surface area contributed by atoms with Gasteiger partial charge in [-0.15, -0.1) is 0 Å². The molecule has 4 aliphatic heterocycles. The zero-order valence-corrected chi connectivity index (χ0v) is 20.8. The summed E-state index contributed by atoms with van der Waals surface area (Å²) >= 11 is 0. The Kier molecular flexibility index (Phi) is 27.3. The molecular formula is C30H72N4. The second-order valence-electron chi connectivity index (χ2n) is 10.1. The summed E-state index contributed by atoms with van der Waals surface area (Å²) in [5, 5.41) is 6.67. The van der Waals surface area contributed by atoms with E-state index in [0.29, 0.717) is 0 Å². The SMILES string of the molecule is C.C.C.C.[3H]N1CCC(C)C1.[3H]N1CCC(C)CC1.[3H]N1CCCC(C)CC1.[3H]N1CCCC(C)CCC1. The molecule has 4 N–H and O–H groups in total. The molecule has 0 radical (unpaired) electrons. The molecule has 4 heterocycles. The molecule has 4 fully saturated rings. The monoisotopic (exact) mass is 497 g/mol. The van der Waals surface area contributed by atoms with Crippen LogP contribution in [0.2, 0.25) is 5.65 Å². The minimum atomic E-state index is 0. The minimum Gasteiger partial charge on any atom is -0.317 e. The largest absolute Gasteiger partial charge is 0.317 e. The highest BCUT2D eigenvalue weighted by Gasteiger charge is 2.07. The van der Waals surface area contributed by atoms with Crippen LogP contribution in [-0.4, -0.2) is 52.4 Å². The minimum absolute atomic E-state index is 0. The molecule has 0 amide bonds. The van der Waals surface area contributed by atoms with Gasteiger partial charge in [-0.05, 0) is 140 Å². The van der Waals surface area contributed by atoms with E-state index < -0.39 is 0 Å². The van der Waals surface area contributed by atoms with Gasteiger partial charge < -0.3 is 21.2 Å². The predicted octanol–water partition coefficient (Wildman–Crippen LogP) is 7.35. The number of hydrogen-bond donors (Lipinski definition) is 4. The van der Waals surface area contributed by atoms with Crippen LogP contribution < -0.4 is 21.2 Å². The Hall–Kier alpha value is -0.160. The van der Waals surface area contributed by atoms with Crippen molar-refractivity contribution in [2.75, 3.05) is 52.4 Å². The van der Waals surface area contributed by atoms with Crippen LogP contribution >= 0.6 is 0 Å². The summed E-state index contributed by atoms with van der Waals surface area (Å²) in [7, 11) is 0. The molecule has 0 aliphatic carbocycles. The van der Waals surface area contributed by atoms with Gasteiger partial charge in [-0.25, -0.2) is 0 Å². The van der Waals surface area contributed by atoms with E-state index in [0.717, 1.165) is 76.0 Å². The normalized spacial score (nSPS) is 29.4. The Morgan fingerprint density at radius 2 is 0.706 bits per heavy atom. The molecule has 34 heavy (non-hydrogen) atoms. The van der Waals surface area contributed by atoms with Crippen molar-refractivity contribution in [1.29, 1.82) is 0 Å². The molecular weight excluding hydrogens is 416 g/mol. The summed E-state index contributed by atoms with van der Waals surface area (Å²) in [4.78, 5) is 0. The molecule has 2 unspecified atom stereocenters. The fourth-order valence-electron chi connectivity index (χ4n) is 4.07. The van der Waals surface area contributed by atoms with Gasteiger partial charge in [-0.3, -0.25) is 0 Å². The highest BCUT2D eigenvalue weighted by molar-refractivity contribution is 4.65. The van der Waals surface area contributed by atoms with Crippen LogP contribution in [-0.2, 0) is 0 Å². The molecule has 0 aromatic carbocycles. The smallest absolute Gasteiger partial charge is 0.122 e. The molecule has 4 saturated heterocycles. The average molecular weight is 497 g/mol. The Morgan fingerprint density at radius 1 is 0.412 bits per heavy atom. The highest BCUT2D eigenvalue weighted by Crippen LogP contribution is 2.13. The molecule has 0 aromatic rings. The van der Waals surface area contributed by atoms with Crippen LogP contribution in [0.3, 0.4) is 0 Å². The zero-order chi connectivity index (χ0) is 25.3. The first-order valence-electron chi connectivity index (χ1n) is 14.9. The van der Waals surface area contributed by atoms with Crippen molar-refractivity contribution in [3.63, 3.8) is 0 Å². The number of piperidine rings is 1. The maximum atomic E-state index is 7.41. The Labute approximate surface area is 224 Å². The summed E-state index contributed by atoms with van der Waals surface area (Å²) in [6, 6.07) is 0. The van der Waals surface area contributed by atoms with Gasteiger partial charge in [0.25, 0.3) is 0 Å². The lowest BCUT2D eigenvalue weighted by atomic mass is 9.98. The van der Waals surface area contributed by atoms with Crippen LogP contribution in [0.5, 0.6) is 0 Å². The quantitative estimate of drug-likeness (QED) is 0.283. The molecule has 4 heteroatoms. The maximum Gasteiger partial charge on any atom is 0.122 e. The molecule has 0 bridgehead atoms. The van der Waals surface area contributed by atoms with E-state index >= 15 is 0 Å². The lowest BCUT2D eigenvalue weighted by molar-refractivity contribution is 0.402. The van der Waals surface area contributed by atoms with E-state index in [1.807, 2.05) is 0 Å². The number of hydrogen-bond acceptors (Lipinski definition) is 4. The summed E-state index contributed by atoms with van der Waals surface area (Å²) < 4.78 is 29.0. The van der Waals surface area contributed by atoms with E-state index in [1.165, 1.54) is 64.2 Å². The first kappa shape index (κ1) is 31.9. The van der Waals surface area contributed by atoms with E-state index in [4.69, 9.17) is 5.65 Å². The van der Waals surface area contributed by atoms with Crippen LogP contribution in [0.15, 0.2) is 0 Å². The van der Waals surface area contributed by atoms with Gasteiger partial charge >= 0.3 is 0 Å². The molecule has 0 spiro atoms. The number of rotatable bonds is 0. The maximum absolute atomic E-state index is 7.41. The van der Waals surface area contributed by atoms with Gasteiger partial charge in [-0.2, -0.15) is 0 Å². The molecule has 212 valence electrons. The van der Waals surface area contributed by atoms with E-state index in [-0.39, 0.29) is 29.7 Å². The highest BCUT2D eigenvalue weighted by atomic mass is 14.9. The first-order chi connectivity index (χ1) is 16.2. The molecule has 0 saturated carbocycles. The summed E-state index contributed by atoms with van der Waals surface area (Å²) in [5.41, 5.74) is 0.